The van der Waals surface area contributed by atoms with E-state index in [-0.39, 0.29) is 19.6 Å². The van der Waals surface area contributed by atoms with Crippen molar-refractivity contribution >= 4 is 5.78 Å². The summed E-state index contributed by atoms with van der Waals surface area (Å²) in [5, 5.41) is 17.3. The largest absolute Gasteiger partial charge is 0.396 e. The number of hydrogen-bond donors (Lipinski definition) is 4. The molecule has 0 amide bonds. The second-order valence-electron chi connectivity index (χ2n) is 2.27. The van der Waals surface area contributed by atoms with Gasteiger partial charge in [-0.2, -0.15) is 0 Å². The van der Waals surface area contributed by atoms with E-state index in [2.05, 4.69) is 0 Å². The predicted octanol–water partition coefficient (Wildman–Crippen LogP) is -2.42. The van der Waals surface area contributed by atoms with Crippen LogP contribution >= 0.6 is 0 Å². The fourth-order valence-electron chi connectivity index (χ4n) is 0.645. The monoisotopic (exact) mass is 162 g/mol. The lowest BCUT2D eigenvalue weighted by Crippen LogP contribution is -2.42. The van der Waals surface area contributed by atoms with Gasteiger partial charge in [0.1, 0.15) is 6.10 Å². The summed E-state index contributed by atoms with van der Waals surface area (Å²) in [5.74, 6) is -0.512. The van der Waals surface area contributed by atoms with Crippen LogP contribution in [0.3, 0.4) is 0 Å². The third kappa shape index (κ3) is 3.43. The highest BCUT2D eigenvalue weighted by molar-refractivity contribution is 5.87. The van der Waals surface area contributed by atoms with Gasteiger partial charge in [0.05, 0.1) is 6.04 Å². The number of carbonyl (C=O) groups is 1. The number of nitrogens with two attached hydrogens (primary N) is 2. The summed E-state index contributed by atoms with van der Waals surface area (Å²) in [4.78, 5) is 10.9. The van der Waals surface area contributed by atoms with Gasteiger partial charge in [0.25, 0.3) is 0 Å². The van der Waals surface area contributed by atoms with Crippen LogP contribution in [0.2, 0.25) is 0 Å². The lowest BCUT2D eigenvalue weighted by molar-refractivity contribution is -0.128. The number of carbonyl (C=O) groups excluding carboxylic acids is 1. The first-order valence-electron chi connectivity index (χ1n) is 3.41. The highest BCUT2D eigenvalue weighted by Gasteiger charge is 2.19. The molecule has 5 nitrogen and oxygen atoms in total. The van der Waals surface area contributed by atoms with Crippen LogP contribution in [-0.4, -0.2) is 41.3 Å². The number of hydrogen-bond acceptors (Lipinski definition) is 5. The lowest BCUT2D eigenvalue weighted by atomic mass is 10.1. The quantitative estimate of drug-likeness (QED) is 0.360. The summed E-state index contributed by atoms with van der Waals surface area (Å²) >= 11 is 0. The molecule has 0 spiro atoms. The zero-order chi connectivity index (χ0) is 8.85. The molecule has 0 aromatic rings. The molecule has 0 saturated heterocycles. The van der Waals surface area contributed by atoms with Gasteiger partial charge in [-0.1, -0.05) is 0 Å². The van der Waals surface area contributed by atoms with Crippen LogP contribution in [0.15, 0.2) is 0 Å². The van der Waals surface area contributed by atoms with Crippen molar-refractivity contribution in [3.05, 3.63) is 0 Å². The van der Waals surface area contributed by atoms with Crippen LogP contribution < -0.4 is 11.5 Å². The summed E-state index contributed by atoms with van der Waals surface area (Å²) in [6.45, 7) is -0.290. The van der Waals surface area contributed by atoms with Crippen LogP contribution in [0.1, 0.15) is 6.42 Å². The summed E-state index contributed by atoms with van der Waals surface area (Å²) in [5.41, 5.74) is 10.3. The molecule has 0 bridgehead atoms. The minimum absolute atomic E-state index is 0.127. The Hall–Kier alpha value is -0.490. The molecule has 0 aliphatic heterocycles. The van der Waals surface area contributed by atoms with E-state index in [1.54, 1.807) is 0 Å². The molecule has 0 heterocycles. The van der Waals surface area contributed by atoms with Gasteiger partial charge in [-0.3, -0.25) is 4.79 Å². The minimum atomic E-state index is -1.20. The molecular formula is C6H14N2O3. The number of Topliss-reactive ketones (excluding diaryl/α,β-unsaturated/α-hetero) is 1. The molecule has 1 unspecified atom stereocenters. The van der Waals surface area contributed by atoms with Gasteiger partial charge in [0.2, 0.25) is 0 Å². The Kier molecular flexibility index (Phi) is 4.97. The molecule has 0 saturated carbocycles. The van der Waals surface area contributed by atoms with Crippen LogP contribution in [0.25, 0.3) is 0 Å². The van der Waals surface area contributed by atoms with E-state index in [9.17, 15) is 4.79 Å². The summed E-state index contributed by atoms with van der Waals surface area (Å²) in [7, 11) is 0. The minimum Gasteiger partial charge on any atom is -0.396 e. The zero-order valence-corrected chi connectivity index (χ0v) is 6.23. The highest BCUT2D eigenvalue weighted by Crippen LogP contribution is 1.93. The first-order chi connectivity index (χ1) is 5.13. The molecule has 0 aromatic heterocycles. The van der Waals surface area contributed by atoms with Crippen molar-refractivity contribution in [3.8, 4) is 0 Å². The molecule has 0 rings (SSSR count). The molecule has 11 heavy (non-hydrogen) atoms. The zero-order valence-electron chi connectivity index (χ0n) is 6.23. The standard InChI is InChI=1S/C6H14N2O3/c7-3-5(10)6(11)4(8)1-2-9/h4-5,9-10H,1-3,7-8H2/t4-,5?/m0/s1. The van der Waals surface area contributed by atoms with E-state index in [1.807, 2.05) is 0 Å². The third-order valence-electron chi connectivity index (χ3n) is 1.36. The fraction of sp³-hybridized carbons (Fsp3) is 0.833. The van der Waals surface area contributed by atoms with Gasteiger partial charge in [-0.15, -0.1) is 0 Å². The molecule has 0 radical (unpaired) electrons. The van der Waals surface area contributed by atoms with Gasteiger partial charge in [0.15, 0.2) is 5.78 Å². The normalized spacial score (nSPS) is 16.0. The van der Waals surface area contributed by atoms with Crippen LogP contribution in [0.4, 0.5) is 0 Å². The maximum absolute atomic E-state index is 10.9. The Morgan fingerprint density at radius 2 is 2.09 bits per heavy atom. The molecule has 0 aliphatic carbocycles. The lowest BCUT2D eigenvalue weighted by Gasteiger charge is -2.11. The Balaban J connectivity index is 3.81. The van der Waals surface area contributed by atoms with E-state index in [0.29, 0.717) is 0 Å². The predicted molar refractivity (Wildman–Crippen MR) is 39.7 cm³/mol. The molecule has 0 aliphatic rings. The Morgan fingerprint density at radius 1 is 1.55 bits per heavy atom. The van der Waals surface area contributed by atoms with E-state index < -0.39 is 17.9 Å². The molecule has 2 atom stereocenters. The van der Waals surface area contributed by atoms with Crippen LogP contribution in [0.5, 0.6) is 0 Å². The van der Waals surface area contributed by atoms with Gasteiger partial charge in [-0.25, -0.2) is 0 Å². The SMILES string of the molecule is NCC(O)C(=O)[C@@H](N)CCO. The second-order valence-corrected chi connectivity index (χ2v) is 2.27. The number of ketones is 1. The topological polar surface area (TPSA) is 110 Å². The average Bonchev–Trinajstić information content (AvgIpc) is 2.02. The molecule has 6 N–H and O–H groups in total. The summed E-state index contributed by atoms with van der Waals surface area (Å²) in [6.07, 6.45) is -1.04. The third-order valence-corrected chi connectivity index (χ3v) is 1.36. The average molecular weight is 162 g/mol. The Bertz CT molecular complexity index is 129. The number of aliphatic hydroxyl groups is 2. The summed E-state index contributed by atoms with van der Waals surface area (Å²) in [6, 6.07) is -0.807. The first-order valence-corrected chi connectivity index (χ1v) is 3.41. The molecule has 5 heteroatoms. The highest BCUT2D eigenvalue weighted by atomic mass is 16.3. The molecule has 66 valence electrons. The Morgan fingerprint density at radius 3 is 2.45 bits per heavy atom. The van der Waals surface area contributed by atoms with Gasteiger partial charge in [0, 0.05) is 13.2 Å². The van der Waals surface area contributed by atoms with E-state index in [0.717, 1.165) is 0 Å². The van der Waals surface area contributed by atoms with Gasteiger partial charge in [-0.05, 0) is 6.42 Å². The fourth-order valence-corrected chi connectivity index (χ4v) is 0.645. The first kappa shape index (κ1) is 10.5. The molecular weight excluding hydrogens is 148 g/mol. The Labute approximate surface area is 65.0 Å². The smallest absolute Gasteiger partial charge is 0.179 e. The molecule has 0 fully saturated rings. The maximum atomic E-state index is 10.9. The number of rotatable bonds is 5. The van der Waals surface area contributed by atoms with E-state index in [1.165, 1.54) is 0 Å². The molecule has 0 aromatic carbocycles. The van der Waals surface area contributed by atoms with E-state index in [4.69, 9.17) is 21.7 Å². The second kappa shape index (κ2) is 5.20. The van der Waals surface area contributed by atoms with Crippen molar-refractivity contribution in [1.82, 2.24) is 0 Å². The van der Waals surface area contributed by atoms with Crippen molar-refractivity contribution in [1.29, 1.82) is 0 Å². The van der Waals surface area contributed by atoms with Gasteiger partial charge >= 0.3 is 0 Å². The van der Waals surface area contributed by atoms with Crippen molar-refractivity contribution in [2.45, 2.75) is 18.6 Å². The van der Waals surface area contributed by atoms with Gasteiger partial charge < -0.3 is 21.7 Å². The van der Waals surface area contributed by atoms with E-state index >= 15 is 0 Å². The van der Waals surface area contributed by atoms with Crippen molar-refractivity contribution in [3.63, 3.8) is 0 Å². The maximum Gasteiger partial charge on any atom is 0.179 e. The number of aliphatic hydroxyl groups excluding tert-OH is 2. The van der Waals surface area contributed by atoms with Crippen molar-refractivity contribution < 1.29 is 15.0 Å². The van der Waals surface area contributed by atoms with Crippen molar-refractivity contribution in [2.24, 2.45) is 11.5 Å². The summed E-state index contributed by atoms with van der Waals surface area (Å²) < 4.78 is 0. The van der Waals surface area contributed by atoms with Crippen LogP contribution in [0, 0.1) is 0 Å². The van der Waals surface area contributed by atoms with Crippen molar-refractivity contribution in [2.75, 3.05) is 13.2 Å². The van der Waals surface area contributed by atoms with Crippen LogP contribution in [-0.2, 0) is 4.79 Å².